The van der Waals surface area contributed by atoms with Crippen molar-refractivity contribution in [2.75, 3.05) is 5.32 Å². The number of benzene rings is 2. The van der Waals surface area contributed by atoms with Gasteiger partial charge in [-0.2, -0.15) is 5.26 Å². The van der Waals surface area contributed by atoms with Crippen molar-refractivity contribution in [2.24, 2.45) is 7.05 Å². The summed E-state index contributed by atoms with van der Waals surface area (Å²) in [6.07, 6.45) is 0. The topological polar surface area (TPSA) is 40.8 Å². The molecule has 1 heterocycles. The monoisotopic (exact) mass is 275 g/mol. The number of nitrogens with one attached hydrogen (secondary N) is 1. The van der Waals surface area contributed by atoms with Gasteiger partial charge in [0.15, 0.2) is 0 Å². The van der Waals surface area contributed by atoms with Crippen LogP contribution in [-0.4, -0.2) is 4.57 Å². The molecule has 0 saturated carbocycles. The predicted molar refractivity (Wildman–Crippen MR) is 86.1 cm³/mol. The van der Waals surface area contributed by atoms with E-state index in [0.717, 1.165) is 27.8 Å². The highest BCUT2D eigenvalue weighted by Gasteiger charge is 2.14. The predicted octanol–water partition coefficient (Wildman–Crippen LogP) is 3.97. The number of aryl methyl sites for hydroxylation is 2. The van der Waals surface area contributed by atoms with E-state index in [4.69, 9.17) is 0 Å². The fourth-order valence-electron chi connectivity index (χ4n) is 2.73. The smallest absolute Gasteiger partial charge is 0.102 e. The molecule has 0 bridgehead atoms. The Labute approximate surface area is 124 Å². The first-order valence-corrected chi connectivity index (χ1v) is 6.98. The van der Waals surface area contributed by atoms with Crippen LogP contribution in [0.5, 0.6) is 0 Å². The van der Waals surface area contributed by atoms with Crippen LogP contribution in [0.25, 0.3) is 10.9 Å². The molecule has 0 aliphatic heterocycles. The van der Waals surface area contributed by atoms with Gasteiger partial charge in [-0.15, -0.1) is 0 Å². The van der Waals surface area contributed by atoms with Crippen LogP contribution >= 0.6 is 0 Å². The Bertz CT molecular complexity index is 837. The number of hydrogen-bond acceptors (Lipinski definition) is 2. The third-order valence-corrected chi connectivity index (χ3v) is 3.93. The minimum absolute atomic E-state index is 0.638. The molecule has 3 rings (SSSR count). The molecular weight excluding hydrogens is 258 g/mol. The van der Waals surface area contributed by atoms with Crippen molar-refractivity contribution < 1.29 is 0 Å². The Morgan fingerprint density at radius 2 is 1.81 bits per heavy atom. The highest BCUT2D eigenvalue weighted by Crippen LogP contribution is 2.25. The first-order chi connectivity index (χ1) is 10.2. The van der Waals surface area contributed by atoms with Crippen LogP contribution in [-0.2, 0) is 13.6 Å². The lowest BCUT2D eigenvalue weighted by atomic mass is 10.1. The molecular formula is C18H17N3. The highest BCUT2D eigenvalue weighted by atomic mass is 15.0. The van der Waals surface area contributed by atoms with Crippen molar-refractivity contribution in [1.82, 2.24) is 4.57 Å². The molecule has 3 aromatic rings. The summed E-state index contributed by atoms with van der Waals surface area (Å²) >= 11 is 0. The SMILES string of the molecule is Cc1ccccc1NCc1c(C#N)c2ccccc2n1C. The van der Waals surface area contributed by atoms with E-state index in [-0.39, 0.29) is 0 Å². The number of anilines is 1. The average Bonchev–Trinajstić information content (AvgIpc) is 2.79. The van der Waals surface area contributed by atoms with Gasteiger partial charge in [0.05, 0.1) is 17.8 Å². The Morgan fingerprint density at radius 1 is 1.10 bits per heavy atom. The summed E-state index contributed by atoms with van der Waals surface area (Å²) in [5.74, 6) is 0. The Hall–Kier alpha value is -2.73. The van der Waals surface area contributed by atoms with Gasteiger partial charge in [-0.3, -0.25) is 0 Å². The summed E-state index contributed by atoms with van der Waals surface area (Å²) in [6.45, 7) is 2.72. The van der Waals surface area contributed by atoms with Gasteiger partial charge in [-0.25, -0.2) is 0 Å². The first-order valence-electron chi connectivity index (χ1n) is 6.98. The standard InChI is InChI=1S/C18H17N3/c1-13-7-3-5-9-16(13)20-12-18-15(11-19)14-8-4-6-10-17(14)21(18)2/h3-10,20H,12H2,1-2H3. The molecule has 0 aliphatic rings. The van der Waals surface area contributed by atoms with Gasteiger partial charge in [0.25, 0.3) is 0 Å². The van der Waals surface area contributed by atoms with Crippen LogP contribution in [0.4, 0.5) is 5.69 Å². The van der Waals surface area contributed by atoms with E-state index in [9.17, 15) is 5.26 Å². The molecule has 0 unspecified atom stereocenters. The maximum Gasteiger partial charge on any atom is 0.102 e. The molecule has 104 valence electrons. The molecule has 0 radical (unpaired) electrons. The molecule has 0 fully saturated rings. The summed E-state index contributed by atoms with van der Waals surface area (Å²) < 4.78 is 2.10. The second-order valence-electron chi connectivity index (χ2n) is 5.18. The van der Waals surface area contributed by atoms with Gasteiger partial charge in [0.2, 0.25) is 0 Å². The summed E-state index contributed by atoms with van der Waals surface area (Å²) in [6, 6.07) is 18.6. The van der Waals surface area contributed by atoms with Crippen LogP contribution in [0.1, 0.15) is 16.8 Å². The fraction of sp³-hybridized carbons (Fsp3) is 0.167. The van der Waals surface area contributed by atoms with E-state index in [1.165, 1.54) is 5.56 Å². The van der Waals surface area contributed by atoms with Crippen LogP contribution in [0.2, 0.25) is 0 Å². The molecule has 0 saturated heterocycles. The largest absolute Gasteiger partial charge is 0.379 e. The molecule has 1 N–H and O–H groups in total. The summed E-state index contributed by atoms with van der Waals surface area (Å²) in [5, 5.41) is 13.9. The zero-order valence-corrected chi connectivity index (χ0v) is 12.2. The lowest BCUT2D eigenvalue weighted by Gasteiger charge is -2.10. The van der Waals surface area contributed by atoms with E-state index in [1.807, 2.05) is 43.4 Å². The minimum atomic E-state index is 0.638. The zero-order valence-electron chi connectivity index (χ0n) is 12.2. The van der Waals surface area contributed by atoms with Gasteiger partial charge in [-0.05, 0) is 24.6 Å². The number of para-hydroxylation sites is 2. The molecule has 3 nitrogen and oxygen atoms in total. The third kappa shape index (κ3) is 2.25. The summed E-state index contributed by atoms with van der Waals surface area (Å²) in [7, 11) is 2.01. The molecule has 0 aliphatic carbocycles. The Morgan fingerprint density at radius 3 is 2.57 bits per heavy atom. The fourth-order valence-corrected chi connectivity index (χ4v) is 2.73. The van der Waals surface area contributed by atoms with Crippen molar-refractivity contribution in [3.05, 3.63) is 65.4 Å². The molecule has 21 heavy (non-hydrogen) atoms. The molecule has 0 amide bonds. The number of nitrogens with zero attached hydrogens (tertiary/aromatic N) is 2. The van der Waals surface area contributed by atoms with Crippen LogP contribution in [0, 0.1) is 18.3 Å². The van der Waals surface area contributed by atoms with Gasteiger partial charge < -0.3 is 9.88 Å². The summed E-state index contributed by atoms with van der Waals surface area (Å²) in [5.41, 5.74) is 5.17. The van der Waals surface area contributed by atoms with E-state index >= 15 is 0 Å². The van der Waals surface area contributed by atoms with Crippen molar-refractivity contribution in [3.63, 3.8) is 0 Å². The number of nitriles is 1. The molecule has 2 aromatic carbocycles. The average molecular weight is 275 g/mol. The second kappa shape index (κ2) is 5.34. The van der Waals surface area contributed by atoms with E-state index in [2.05, 4.69) is 35.0 Å². The van der Waals surface area contributed by atoms with Crippen molar-refractivity contribution in [3.8, 4) is 6.07 Å². The number of rotatable bonds is 3. The number of hydrogen-bond donors (Lipinski definition) is 1. The van der Waals surface area contributed by atoms with Crippen molar-refractivity contribution in [1.29, 1.82) is 5.26 Å². The first kappa shape index (κ1) is 13.3. The molecule has 0 atom stereocenters. The molecule has 0 spiro atoms. The Kier molecular flexibility index (Phi) is 3.37. The van der Waals surface area contributed by atoms with Gasteiger partial charge in [0.1, 0.15) is 6.07 Å². The second-order valence-corrected chi connectivity index (χ2v) is 5.18. The van der Waals surface area contributed by atoms with Gasteiger partial charge in [-0.1, -0.05) is 36.4 Å². The van der Waals surface area contributed by atoms with E-state index in [1.54, 1.807) is 0 Å². The number of fused-ring (bicyclic) bond motifs is 1. The minimum Gasteiger partial charge on any atom is -0.379 e. The number of aromatic nitrogens is 1. The quantitative estimate of drug-likeness (QED) is 0.785. The van der Waals surface area contributed by atoms with Crippen molar-refractivity contribution >= 4 is 16.6 Å². The Balaban J connectivity index is 2.00. The van der Waals surface area contributed by atoms with E-state index in [0.29, 0.717) is 6.54 Å². The highest BCUT2D eigenvalue weighted by molar-refractivity contribution is 5.88. The molecule has 3 heteroatoms. The third-order valence-electron chi connectivity index (χ3n) is 3.93. The van der Waals surface area contributed by atoms with Crippen molar-refractivity contribution in [2.45, 2.75) is 13.5 Å². The maximum absolute atomic E-state index is 9.49. The summed E-state index contributed by atoms with van der Waals surface area (Å²) in [4.78, 5) is 0. The van der Waals surface area contributed by atoms with E-state index < -0.39 is 0 Å². The normalized spacial score (nSPS) is 10.5. The van der Waals surface area contributed by atoms with Crippen LogP contribution < -0.4 is 5.32 Å². The maximum atomic E-state index is 9.49. The van der Waals surface area contributed by atoms with Gasteiger partial charge in [0, 0.05) is 23.6 Å². The lowest BCUT2D eigenvalue weighted by molar-refractivity contribution is 0.867. The van der Waals surface area contributed by atoms with Gasteiger partial charge >= 0.3 is 0 Å². The van der Waals surface area contributed by atoms with Crippen LogP contribution in [0.15, 0.2) is 48.5 Å². The van der Waals surface area contributed by atoms with Crippen LogP contribution in [0.3, 0.4) is 0 Å². The molecule has 1 aromatic heterocycles. The lowest BCUT2D eigenvalue weighted by Crippen LogP contribution is -2.06. The zero-order chi connectivity index (χ0) is 14.8.